The summed E-state index contributed by atoms with van der Waals surface area (Å²) in [5.41, 5.74) is 8.02. The fourth-order valence-electron chi connectivity index (χ4n) is 1.67. The number of benzene rings is 1. The summed E-state index contributed by atoms with van der Waals surface area (Å²) in [6.07, 6.45) is 1.77. The number of nitrogens with two attached hydrogens (primary N) is 1. The summed E-state index contributed by atoms with van der Waals surface area (Å²) in [5.74, 6) is 0.0653. The lowest BCUT2D eigenvalue weighted by Crippen LogP contribution is -2.15. The van der Waals surface area contributed by atoms with Crippen molar-refractivity contribution in [2.75, 3.05) is 0 Å². The molecule has 0 bridgehead atoms. The average molecular weight is 249 g/mol. The van der Waals surface area contributed by atoms with Crippen LogP contribution in [-0.4, -0.2) is 15.6 Å². The van der Waals surface area contributed by atoms with E-state index in [1.807, 2.05) is 31.2 Å². The Bertz CT molecular complexity index is 540. The summed E-state index contributed by atoms with van der Waals surface area (Å²) in [7, 11) is 0. The molecule has 17 heavy (non-hydrogen) atoms. The molecule has 3 N–H and O–H groups in total. The fourth-order valence-corrected chi connectivity index (χ4v) is 1.82. The summed E-state index contributed by atoms with van der Waals surface area (Å²) in [5, 5.41) is 12.4. The molecular formula is C12H13ClN4. The molecule has 0 unspecified atom stereocenters. The van der Waals surface area contributed by atoms with Crippen LogP contribution in [0.25, 0.3) is 0 Å². The van der Waals surface area contributed by atoms with Gasteiger partial charge in [-0.1, -0.05) is 35.9 Å². The van der Waals surface area contributed by atoms with Crippen LogP contribution < -0.4 is 5.73 Å². The van der Waals surface area contributed by atoms with E-state index >= 15 is 0 Å². The second kappa shape index (κ2) is 4.59. The van der Waals surface area contributed by atoms with E-state index in [1.165, 1.54) is 0 Å². The molecule has 0 fully saturated rings. The van der Waals surface area contributed by atoms with Crippen LogP contribution in [0.2, 0.25) is 5.02 Å². The lowest BCUT2D eigenvalue weighted by molar-refractivity contribution is 0.678. The zero-order valence-electron chi connectivity index (χ0n) is 9.44. The Morgan fingerprint density at radius 3 is 2.76 bits per heavy atom. The first-order valence-corrected chi connectivity index (χ1v) is 5.57. The summed E-state index contributed by atoms with van der Waals surface area (Å²) in [4.78, 5) is 0. The van der Waals surface area contributed by atoms with E-state index in [-0.39, 0.29) is 5.84 Å². The van der Waals surface area contributed by atoms with Crippen molar-refractivity contribution in [2.24, 2.45) is 5.73 Å². The molecule has 0 aliphatic heterocycles. The Morgan fingerprint density at radius 1 is 1.47 bits per heavy atom. The predicted molar refractivity (Wildman–Crippen MR) is 68.5 cm³/mol. The lowest BCUT2D eigenvalue weighted by atomic mass is 10.1. The molecule has 0 radical (unpaired) electrons. The molecule has 4 nitrogen and oxygen atoms in total. The van der Waals surface area contributed by atoms with Crippen LogP contribution in [-0.2, 0) is 6.54 Å². The van der Waals surface area contributed by atoms with Gasteiger partial charge in [0, 0.05) is 11.8 Å². The molecule has 0 amide bonds. The van der Waals surface area contributed by atoms with E-state index < -0.39 is 0 Å². The number of hydrogen-bond acceptors (Lipinski definition) is 2. The molecule has 1 aromatic carbocycles. The van der Waals surface area contributed by atoms with Crippen molar-refractivity contribution in [1.82, 2.24) is 9.78 Å². The molecule has 5 heteroatoms. The largest absolute Gasteiger partial charge is 0.384 e. The third-order valence-electron chi connectivity index (χ3n) is 2.53. The first kappa shape index (κ1) is 11.7. The van der Waals surface area contributed by atoms with Gasteiger partial charge in [0.05, 0.1) is 17.3 Å². The molecule has 0 spiro atoms. The van der Waals surface area contributed by atoms with Crippen molar-refractivity contribution >= 4 is 17.4 Å². The normalized spacial score (nSPS) is 10.5. The van der Waals surface area contributed by atoms with E-state index in [0.717, 1.165) is 16.8 Å². The smallest absolute Gasteiger partial charge is 0.123 e. The van der Waals surface area contributed by atoms with Crippen LogP contribution in [0.4, 0.5) is 0 Å². The van der Waals surface area contributed by atoms with Gasteiger partial charge in [0.25, 0.3) is 0 Å². The number of nitrogens with one attached hydrogen (secondary N) is 1. The lowest BCUT2D eigenvalue weighted by Gasteiger charge is -2.07. The molecule has 0 saturated carbocycles. The number of nitrogen functional groups attached to an aromatic ring is 1. The van der Waals surface area contributed by atoms with Crippen molar-refractivity contribution in [3.63, 3.8) is 0 Å². The third kappa shape index (κ3) is 2.47. The number of aryl methyl sites for hydroxylation is 1. The summed E-state index contributed by atoms with van der Waals surface area (Å²) < 4.78 is 1.75. The highest BCUT2D eigenvalue weighted by molar-refractivity contribution is 6.31. The average Bonchev–Trinajstić information content (AvgIpc) is 2.58. The zero-order chi connectivity index (χ0) is 12.4. The van der Waals surface area contributed by atoms with Gasteiger partial charge in [0.1, 0.15) is 5.84 Å². The van der Waals surface area contributed by atoms with Crippen LogP contribution in [0.5, 0.6) is 0 Å². The second-order valence-corrected chi connectivity index (χ2v) is 4.24. The number of nitrogens with zero attached hydrogens (tertiary/aromatic N) is 2. The topological polar surface area (TPSA) is 67.7 Å². The van der Waals surface area contributed by atoms with Crippen molar-refractivity contribution in [1.29, 1.82) is 5.41 Å². The van der Waals surface area contributed by atoms with Gasteiger partial charge in [-0.05, 0) is 12.5 Å². The van der Waals surface area contributed by atoms with Gasteiger partial charge in [-0.25, -0.2) is 0 Å². The Labute approximate surface area is 105 Å². The van der Waals surface area contributed by atoms with E-state index in [0.29, 0.717) is 11.6 Å². The number of amidine groups is 1. The van der Waals surface area contributed by atoms with Gasteiger partial charge in [0.2, 0.25) is 0 Å². The Hall–Kier alpha value is -1.81. The van der Waals surface area contributed by atoms with Crippen LogP contribution in [0, 0.1) is 12.3 Å². The predicted octanol–water partition coefficient (Wildman–Crippen LogP) is 2.18. The van der Waals surface area contributed by atoms with Gasteiger partial charge < -0.3 is 5.73 Å². The first-order chi connectivity index (χ1) is 8.08. The highest BCUT2D eigenvalue weighted by atomic mass is 35.5. The molecule has 88 valence electrons. The number of hydrogen-bond donors (Lipinski definition) is 2. The maximum absolute atomic E-state index is 7.51. The second-order valence-electron chi connectivity index (χ2n) is 3.83. The van der Waals surface area contributed by atoms with E-state index in [1.54, 1.807) is 10.9 Å². The van der Waals surface area contributed by atoms with Crippen molar-refractivity contribution < 1.29 is 0 Å². The minimum absolute atomic E-state index is 0.0653. The molecule has 2 aromatic rings. The van der Waals surface area contributed by atoms with Gasteiger partial charge in [-0.15, -0.1) is 0 Å². The van der Waals surface area contributed by atoms with Crippen LogP contribution in [0.15, 0.2) is 30.5 Å². The zero-order valence-corrected chi connectivity index (χ0v) is 10.2. The first-order valence-electron chi connectivity index (χ1n) is 5.20. The summed E-state index contributed by atoms with van der Waals surface area (Å²) in [6.45, 7) is 2.42. The molecule has 2 rings (SSSR count). The SMILES string of the molecule is Cc1nn(Cc2ccccc2C(=N)N)cc1Cl. The van der Waals surface area contributed by atoms with Gasteiger partial charge in [-0.3, -0.25) is 10.1 Å². The van der Waals surface area contributed by atoms with Gasteiger partial charge >= 0.3 is 0 Å². The molecule has 0 aliphatic rings. The van der Waals surface area contributed by atoms with E-state index in [9.17, 15) is 0 Å². The Balaban J connectivity index is 2.33. The molecule has 0 atom stereocenters. The fraction of sp³-hybridized carbons (Fsp3) is 0.167. The highest BCUT2D eigenvalue weighted by Crippen LogP contribution is 2.15. The van der Waals surface area contributed by atoms with E-state index in [4.69, 9.17) is 22.7 Å². The number of halogens is 1. The molecular weight excluding hydrogens is 236 g/mol. The number of aromatic nitrogens is 2. The minimum atomic E-state index is 0.0653. The molecule has 0 aliphatic carbocycles. The van der Waals surface area contributed by atoms with Crippen LogP contribution in [0.3, 0.4) is 0 Å². The van der Waals surface area contributed by atoms with Crippen LogP contribution in [0.1, 0.15) is 16.8 Å². The molecule has 0 saturated heterocycles. The maximum atomic E-state index is 7.51. The quantitative estimate of drug-likeness (QED) is 0.646. The van der Waals surface area contributed by atoms with Crippen molar-refractivity contribution in [2.45, 2.75) is 13.5 Å². The van der Waals surface area contributed by atoms with Crippen molar-refractivity contribution in [3.8, 4) is 0 Å². The Morgan fingerprint density at radius 2 is 2.18 bits per heavy atom. The monoisotopic (exact) mass is 248 g/mol. The summed E-state index contributed by atoms with van der Waals surface area (Å²) >= 11 is 5.95. The molecule has 1 heterocycles. The maximum Gasteiger partial charge on any atom is 0.123 e. The standard InChI is InChI=1S/C12H13ClN4/c1-8-11(13)7-17(16-8)6-9-4-2-3-5-10(9)12(14)15/h2-5,7H,6H2,1H3,(H3,14,15). The van der Waals surface area contributed by atoms with Gasteiger partial charge in [-0.2, -0.15) is 5.10 Å². The Kier molecular flexibility index (Phi) is 3.15. The van der Waals surface area contributed by atoms with Crippen molar-refractivity contribution in [3.05, 3.63) is 52.3 Å². The molecule has 1 aromatic heterocycles. The van der Waals surface area contributed by atoms with Gasteiger partial charge in [0.15, 0.2) is 0 Å². The highest BCUT2D eigenvalue weighted by Gasteiger charge is 2.07. The third-order valence-corrected chi connectivity index (χ3v) is 2.90. The summed E-state index contributed by atoms with van der Waals surface area (Å²) in [6, 6.07) is 7.54. The van der Waals surface area contributed by atoms with E-state index in [2.05, 4.69) is 5.10 Å². The number of rotatable bonds is 3. The minimum Gasteiger partial charge on any atom is -0.384 e. The van der Waals surface area contributed by atoms with Crippen LogP contribution >= 0.6 is 11.6 Å².